The van der Waals surface area contributed by atoms with E-state index in [1.54, 1.807) is 0 Å². The van der Waals surface area contributed by atoms with E-state index in [0.717, 1.165) is 44.3 Å². The predicted molar refractivity (Wildman–Crippen MR) is 87.5 cm³/mol. The highest BCUT2D eigenvalue weighted by Crippen LogP contribution is 2.18. The number of carbonyl (C=O) groups excluding carboxylic acids is 1. The number of para-hydroxylation sites is 1. The zero-order valence-electron chi connectivity index (χ0n) is 12.2. The maximum absolute atomic E-state index is 11.9. The molecule has 4 nitrogen and oxygen atoms in total. The van der Waals surface area contributed by atoms with Gasteiger partial charge >= 0.3 is 0 Å². The number of likely N-dealkylation sites (tertiary alicyclic amines) is 1. The van der Waals surface area contributed by atoms with Crippen molar-refractivity contribution in [2.45, 2.75) is 32.1 Å². The topological polar surface area (TPSA) is 55.6 Å². The first-order chi connectivity index (χ1) is 10.2. The van der Waals surface area contributed by atoms with Gasteiger partial charge in [0.05, 0.1) is 12.2 Å². The van der Waals surface area contributed by atoms with Crippen LogP contribution in [0.1, 0.15) is 37.7 Å². The van der Waals surface area contributed by atoms with E-state index in [2.05, 4.69) is 0 Å². The average Bonchev–Trinajstić information content (AvgIpc) is 2.68. The summed E-state index contributed by atoms with van der Waals surface area (Å²) in [5.74, 6) is 0.989. The fraction of sp³-hybridized carbons (Fsp3) is 0.500. The van der Waals surface area contributed by atoms with Crippen LogP contribution in [0, 0.1) is 0 Å². The number of nitrogens with two attached hydrogens (primary N) is 1. The highest BCUT2D eigenvalue weighted by atomic mass is 32.1. The van der Waals surface area contributed by atoms with Crippen molar-refractivity contribution in [3.63, 3.8) is 0 Å². The van der Waals surface area contributed by atoms with Gasteiger partial charge in [-0.25, -0.2) is 0 Å². The minimum absolute atomic E-state index is 0.274. The molecule has 0 atom stereocenters. The molecule has 0 bridgehead atoms. The van der Waals surface area contributed by atoms with Crippen LogP contribution in [0.5, 0.6) is 5.75 Å². The van der Waals surface area contributed by atoms with Gasteiger partial charge in [0.1, 0.15) is 10.7 Å². The van der Waals surface area contributed by atoms with E-state index in [4.69, 9.17) is 22.7 Å². The van der Waals surface area contributed by atoms with Crippen LogP contribution in [0.15, 0.2) is 24.3 Å². The molecule has 0 radical (unpaired) electrons. The standard InChI is InChI=1S/C16H22N2O2S/c17-16(21)13-7-3-4-8-14(13)20-12-6-11-18-10-5-1-2-9-15(18)19/h3-4,7-8H,1-2,5-6,9-12H2,(H2,17,21). The van der Waals surface area contributed by atoms with E-state index in [1.807, 2.05) is 29.2 Å². The number of benzene rings is 1. The smallest absolute Gasteiger partial charge is 0.222 e. The first-order valence-electron chi connectivity index (χ1n) is 7.48. The first kappa shape index (κ1) is 15.8. The third-order valence-corrected chi connectivity index (χ3v) is 3.87. The Morgan fingerprint density at radius 1 is 1.29 bits per heavy atom. The van der Waals surface area contributed by atoms with Crippen LogP contribution in [0.2, 0.25) is 0 Å². The number of ether oxygens (including phenoxy) is 1. The molecule has 2 N–H and O–H groups in total. The van der Waals surface area contributed by atoms with E-state index in [-0.39, 0.29) is 5.91 Å². The van der Waals surface area contributed by atoms with Gasteiger partial charge in [-0.3, -0.25) is 4.79 Å². The number of nitrogens with zero attached hydrogens (tertiary/aromatic N) is 1. The molecule has 1 aromatic rings. The van der Waals surface area contributed by atoms with E-state index in [1.165, 1.54) is 0 Å². The molecule has 1 aliphatic heterocycles. The first-order valence-corrected chi connectivity index (χ1v) is 7.88. The van der Waals surface area contributed by atoms with Gasteiger partial charge in [-0.1, -0.05) is 30.8 Å². The lowest BCUT2D eigenvalue weighted by molar-refractivity contribution is -0.130. The van der Waals surface area contributed by atoms with Gasteiger partial charge in [0.15, 0.2) is 0 Å². The van der Waals surface area contributed by atoms with E-state index in [9.17, 15) is 4.79 Å². The Bertz CT molecular complexity index is 505. The highest BCUT2D eigenvalue weighted by Gasteiger charge is 2.15. The summed E-state index contributed by atoms with van der Waals surface area (Å²) in [7, 11) is 0. The van der Waals surface area contributed by atoms with Crippen LogP contribution >= 0.6 is 12.2 Å². The molecular formula is C16H22N2O2S. The van der Waals surface area contributed by atoms with Gasteiger partial charge < -0.3 is 15.4 Å². The molecular weight excluding hydrogens is 284 g/mol. The van der Waals surface area contributed by atoms with Gasteiger partial charge in [0, 0.05) is 19.5 Å². The summed E-state index contributed by atoms with van der Waals surface area (Å²) in [5, 5.41) is 0. The van der Waals surface area contributed by atoms with Crippen LogP contribution in [0.3, 0.4) is 0 Å². The summed E-state index contributed by atoms with van der Waals surface area (Å²) in [4.78, 5) is 14.2. The number of amides is 1. The van der Waals surface area contributed by atoms with Crippen LogP contribution in [0.25, 0.3) is 0 Å². The predicted octanol–water partition coefficient (Wildman–Crippen LogP) is 2.49. The molecule has 1 aromatic carbocycles. The minimum atomic E-state index is 0.274. The molecule has 0 saturated carbocycles. The quantitative estimate of drug-likeness (QED) is 0.648. The molecule has 1 fully saturated rings. The lowest BCUT2D eigenvalue weighted by atomic mass is 10.2. The van der Waals surface area contributed by atoms with E-state index < -0.39 is 0 Å². The molecule has 1 amide bonds. The molecule has 2 rings (SSSR count). The lowest BCUT2D eigenvalue weighted by Gasteiger charge is -2.20. The van der Waals surface area contributed by atoms with Gasteiger partial charge in [-0.05, 0) is 31.4 Å². The second kappa shape index (κ2) is 7.98. The fourth-order valence-corrected chi connectivity index (χ4v) is 2.68. The second-order valence-electron chi connectivity index (χ2n) is 5.25. The summed E-state index contributed by atoms with van der Waals surface area (Å²) in [6, 6.07) is 7.51. The van der Waals surface area contributed by atoms with Gasteiger partial charge in [-0.2, -0.15) is 0 Å². The van der Waals surface area contributed by atoms with Crippen molar-refractivity contribution in [3.8, 4) is 5.75 Å². The normalized spacial score (nSPS) is 15.6. The Hall–Kier alpha value is -1.62. The number of carbonyl (C=O) groups is 1. The Kier molecular flexibility index (Phi) is 5.99. The molecule has 0 spiro atoms. The van der Waals surface area contributed by atoms with Crippen molar-refractivity contribution in [1.82, 2.24) is 4.90 Å². The number of hydrogen-bond donors (Lipinski definition) is 1. The number of hydrogen-bond acceptors (Lipinski definition) is 3. The van der Waals surface area contributed by atoms with Crippen molar-refractivity contribution in [2.75, 3.05) is 19.7 Å². The zero-order chi connectivity index (χ0) is 15.1. The van der Waals surface area contributed by atoms with E-state index in [0.29, 0.717) is 23.8 Å². The molecule has 1 heterocycles. The third-order valence-electron chi connectivity index (χ3n) is 3.65. The molecule has 0 aliphatic carbocycles. The Morgan fingerprint density at radius 2 is 2.10 bits per heavy atom. The SMILES string of the molecule is NC(=S)c1ccccc1OCCCN1CCCCCC1=O. The van der Waals surface area contributed by atoms with Crippen LogP contribution in [0.4, 0.5) is 0 Å². The molecule has 0 aromatic heterocycles. The van der Waals surface area contributed by atoms with Gasteiger partial charge in [-0.15, -0.1) is 0 Å². The van der Waals surface area contributed by atoms with Crippen LogP contribution < -0.4 is 10.5 Å². The molecule has 1 saturated heterocycles. The Morgan fingerprint density at radius 3 is 2.90 bits per heavy atom. The van der Waals surface area contributed by atoms with Crippen molar-refractivity contribution in [1.29, 1.82) is 0 Å². The average molecular weight is 306 g/mol. The second-order valence-corrected chi connectivity index (χ2v) is 5.69. The van der Waals surface area contributed by atoms with Crippen molar-refractivity contribution in [2.24, 2.45) is 5.73 Å². The molecule has 1 aliphatic rings. The minimum Gasteiger partial charge on any atom is -0.493 e. The summed E-state index contributed by atoms with van der Waals surface area (Å²) in [6.45, 7) is 2.19. The molecule has 21 heavy (non-hydrogen) atoms. The molecule has 0 unspecified atom stereocenters. The fourth-order valence-electron chi connectivity index (χ4n) is 2.51. The van der Waals surface area contributed by atoms with Crippen molar-refractivity contribution >= 4 is 23.1 Å². The third kappa shape index (κ3) is 4.70. The summed E-state index contributed by atoms with van der Waals surface area (Å²) >= 11 is 5.01. The van der Waals surface area contributed by atoms with Crippen molar-refractivity contribution in [3.05, 3.63) is 29.8 Å². The number of rotatable bonds is 6. The summed E-state index contributed by atoms with van der Waals surface area (Å²) < 4.78 is 5.75. The van der Waals surface area contributed by atoms with Crippen LogP contribution in [-0.4, -0.2) is 35.5 Å². The maximum atomic E-state index is 11.9. The maximum Gasteiger partial charge on any atom is 0.222 e. The Balaban J connectivity index is 1.79. The molecule has 114 valence electrons. The van der Waals surface area contributed by atoms with E-state index >= 15 is 0 Å². The number of thiocarbonyl (C=S) groups is 1. The van der Waals surface area contributed by atoms with Gasteiger partial charge in [0.2, 0.25) is 5.91 Å². The lowest BCUT2D eigenvalue weighted by Crippen LogP contribution is -2.32. The zero-order valence-corrected chi connectivity index (χ0v) is 13.0. The van der Waals surface area contributed by atoms with Crippen molar-refractivity contribution < 1.29 is 9.53 Å². The summed E-state index contributed by atoms with van der Waals surface area (Å²) in [6.07, 6.45) is 4.78. The van der Waals surface area contributed by atoms with Crippen LogP contribution in [-0.2, 0) is 4.79 Å². The molecule has 5 heteroatoms. The summed E-state index contributed by atoms with van der Waals surface area (Å²) in [5.41, 5.74) is 6.43. The highest BCUT2D eigenvalue weighted by molar-refractivity contribution is 7.80. The monoisotopic (exact) mass is 306 g/mol. The van der Waals surface area contributed by atoms with Gasteiger partial charge in [0.25, 0.3) is 0 Å². The Labute approximate surface area is 131 Å². The largest absolute Gasteiger partial charge is 0.493 e.